The molecular formula is C12H11BrClN3O2S. The molecule has 20 heavy (non-hydrogen) atoms. The summed E-state index contributed by atoms with van der Waals surface area (Å²) in [5, 5.41) is 0.244. The second-order valence-corrected chi connectivity index (χ2v) is 6.98. The van der Waals surface area contributed by atoms with E-state index in [2.05, 4.69) is 25.6 Å². The van der Waals surface area contributed by atoms with Crippen molar-refractivity contribution < 1.29 is 8.42 Å². The zero-order chi connectivity index (χ0) is 14.9. The lowest BCUT2D eigenvalue weighted by Gasteiger charge is -2.11. The number of sulfonamides is 1. The fourth-order valence-corrected chi connectivity index (χ4v) is 3.85. The molecule has 0 aliphatic carbocycles. The molecule has 0 fully saturated rings. The number of nitrogens with two attached hydrogens (primary N) is 1. The number of nitrogen functional groups attached to an aromatic ring is 1. The molecule has 3 N–H and O–H groups in total. The zero-order valence-corrected chi connectivity index (χ0v) is 13.6. The summed E-state index contributed by atoms with van der Waals surface area (Å²) in [6.07, 6.45) is 1.44. The minimum atomic E-state index is -3.80. The Labute approximate surface area is 130 Å². The van der Waals surface area contributed by atoms with Crippen LogP contribution in [0.3, 0.4) is 0 Å². The molecule has 106 valence electrons. The van der Waals surface area contributed by atoms with Gasteiger partial charge in [0.2, 0.25) is 0 Å². The molecule has 0 amide bonds. The fraction of sp³-hybridized carbons (Fsp3) is 0.0833. The van der Waals surface area contributed by atoms with Crippen molar-refractivity contribution in [3.8, 4) is 0 Å². The summed E-state index contributed by atoms with van der Waals surface area (Å²) in [7, 11) is -3.80. The Balaban J connectivity index is 2.43. The van der Waals surface area contributed by atoms with Crippen molar-refractivity contribution in [2.24, 2.45) is 0 Å². The van der Waals surface area contributed by atoms with Crippen molar-refractivity contribution in [3.05, 3.63) is 45.7 Å². The zero-order valence-electron chi connectivity index (χ0n) is 10.4. The van der Waals surface area contributed by atoms with Crippen LogP contribution in [-0.4, -0.2) is 13.4 Å². The Hall–Kier alpha value is -1.31. The van der Waals surface area contributed by atoms with E-state index >= 15 is 0 Å². The van der Waals surface area contributed by atoms with Crippen LogP contribution in [0.4, 0.5) is 11.4 Å². The van der Waals surface area contributed by atoms with Gasteiger partial charge in [0.15, 0.2) is 0 Å². The summed E-state index contributed by atoms with van der Waals surface area (Å²) in [6, 6.07) is 6.13. The molecule has 1 heterocycles. The van der Waals surface area contributed by atoms with Crippen LogP contribution < -0.4 is 10.5 Å². The van der Waals surface area contributed by atoms with Crippen molar-refractivity contribution in [1.29, 1.82) is 0 Å². The van der Waals surface area contributed by atoms with Crippen LogP contribution in [0.15, 0.2) is 39.8 Å². The third kappa shape index (κ3) is 3.23. The molecule has 5 nitrogen and oxygen atoms in total. The summed E-state index contributed by atoms with van der Waals surface area (Å²) in [5.41, 5.74) is 7.10. The van der Waals surface area contributed by atoms with Gasteiger partial charge in [0.05, 0.1) is 16.4 Å². The molecule has 1 aromatic heterocycles. The number of nitrogens with one attached hydrogen (secondary N) is 1. The predicted molar refractivity (Wildman–Crippen MR) is 83.3 cm³/mol. The molecule has 0 spiro atoms. The largest absolute Gasteiger partial charge is 0.398 e. The van der Waals surface area contributed by atoms with E-state index in [1.165, 1.54) is 18.3 Å². The van der Waals surface area contributed by atoms with Gasteiger partial charge in [0.25, 0.3) is 10.0 Å². The number of halogens is 2. The van der Waals surface area contributed by atoms with E-state index in [0.29, 0.717) is 5.69 Å². The number of hydrogen-bond donors (Lipinski definition) is 2. The first-order valence-corrected chi connectivity index (χ1v) is 8.15. The van der Waals surface area contributed by atoms with Crippen molar-refractivity contribution in [2.45, 2.75) is 11.8 Å². The maximum Gasteiger partial charge on any atom is 0.263 e. The summed E-state index contributed by atoms with van der Waals surface area (Å²) >= 11 is 9.00. The lowest BCUT2D eigenvalue weighted by atomic mass is 10.3. The van der Waals surface area contributed by atoms with Gasteiger partial charge in [-0.25, -0.2) is 8.42 Å². The Bertz CT molecular complexity index is 748. The molecule has 0 saturated carbocycles. The highest BCUT2D eigenvalue weighted by Crippen LogP contribution is 2.32. The highest BCUT2D eigenvalue weighted by Gasteiger charge is 2.20. The van der Waals surface area contributed by atoms with Crippen LogP contribution >= 0.6 is 27.5 Å². The van der Waals surface area contributed by atoms with E-state index in [0.717, 1.165) is 5.69 Å². The van der Waals surface area contributed by atoms with Crippen molar-refractivity contribution in [2.75, 3.05) is 10.5 Å². The molecule has 0 atom stereocenters. The van der Waals surface area contributed by atoms with E-state index in [-0.39, 0.29) is 20.1 Å². The average molecular weight is 377 g/mol. The lowest BCUT2D eigenvalue weighted by molar-refractivity contribution is 0.601. The first-order chi connectivity index (χ1) is 9.29. The Morgan fingerprint density at radius 2 is 2.05 bits per heavy atom. The molecule has 0 saturated heterocycles. The minimum Gasteiger partial charge on any atom is -0.398 e. The van der Waals surface area contributed by atoms with Crippen LogP contribution in [0, 0.1) is 6.92 Å². The van der Waals surface area contributed by atoms with Gasteiger partial charge < -0.3 is 5.73 Å². The van der Waals surface area contributed by atoms with Crippen molar-refractivity contribution in [3.63, 3.8) is 0 Å². The number of benzene rings is 1. The molecule has 0 radical (unpaired) electrons. The average Bonchev–Trinajstić information content (AvgIpc) is 2.36. The number of aryl methyl sites for hydroxylation is 1. The van der Waals surface area contributed by atoms with Gasteiger partial charge in [0.1, 0.15) is 4.90 Å². The van der Waals surface area contributed by atoms with Gasteiger partial charge in [0, 0.05) is 16.4 Å². The van der Waals surface area contributed by atoms with E-state index < -0.39 is 10.0 Å². The summed E-state index contributed by atoms with van der Waals surface area (Å²) in [6.45, 7) is 1.81. The number of rotatable bonds is 3. The first-order valence-electron chi connectivity index (χ1n) is 5.49. The number of nitrogens with zero attached hydrogens (tertiary/aromatic N) is 1. The molecule has 0 bridgehead atoms. The van der Waals surface area contributed by atoms with Crippen molar-refractivity contribution >= 4 is 48.9 Å². The molecular weight excluding hydrogens is 366 g/mol. The van der Waals surface area contributed by atoms with Crippen LogP contribution in [0.1, 0.15) is 5.69 Å². The molecule has 0 aliphatic rings. The lowest BCUT2D eigenvalue weighted by Crippen LogP contribution is -2.14. The quantitative estimate of drug-likeness (QED) is 0.806. The maximum atomic E-state index is 12.3. The topological polar surface area (TPSA) is 85.1 Å². The first kappa shape index (κ1) is 15.1. The second kappa shape index (κ2) is 5.59. The third-order valence-electron chi connectivity index (χ3n) is 2.49. The predicted octanol–water partition coefficient (Wildman–Crippen LogP) is 3.19. The van der Waals surface area contributed by atoms with Crippen LogP contribution in [0.5, 0.6) is 0 Å². The number of hydrogen-bond acceptors (Lipinski definition) is 4. The van der Waals surface area contributed by atoms with E-state index in [4.69, 9.17) is 17.3 Å². The highest BCUT2D eigenvalue weighted by molar-refractivity contribution is 9.10. The van der Waals surface area contributed by atoms with Gasteiger partial charge in [-0.3, -0.25) is 9.71 Å². The minimum absolute atomic E-state index is 0.0249. The SMILES string of the molecule is Cc1ccc(NS(=O)(=O)c2cc(Cl)cc(N)c2Br)cn1. The third-order valence-corrected chi connectivity index (χ3v) is 5.26. The molecule has 8 heteroatoms. The summed E-state index contributed by atoms with van der Waals surface area (Å²) in [4.78, 5) is 4.00. The van der Waals surface area contributed by atoms with E-state index in [9.17, 15) is 8.42 Å². The van der Waals surface area contributed by atoms with E-state index in [1.807, 2.05) is 6.92 Å². The van der Waals surface area contributed by atoms with Gasteiger partial charge in [-0.2, -0.15) is 0 Å². The monoisotopic (exact) mass is 375 g/mol. The Morgan fingerprint density at radius 1 is 1.35 bits per heavy atom. The van der Waals surface area contributed by atoms with Gasteiger partial charge in [-0.1, -0.05) is 11.6 Å². The van der Waals surface area contributed by atoms with Gasteiger partial charge >= 0.3 is 0 Å². The smallest absolute Gasteiger partial charge is 0.263 e. The summed E-state index contributed by atoms with van der Waals surface area (Å²) in [5.74, 6) is 0. The molecule has 1 aromatic carbocycles. The molecule has 2 aromatic rings. The van der Waals surface area contributed by atoms with E-state index in [1.54, 1.807) is 12.1 Å². The Kier molecular flexibility index (Phi) is 4.22. The molecule has 2 rings (SSSR count). The normalized spacial score (nSPS) is 11.3. The highest BCUT2D eigenvalue weighted by atomic mass is 79.9. The van der Waals surface area contributed by atoms with Gasteiger partial charge in [-0.15, -0.1) is 0 Å². The molecule has 0 unspecified atom stereocenters. The fourth-order valence-electron chi connectivity index (χ4n) is 1.52. The van der Waals surface area contributed by atoms with Crippen LogP contribution in [0.2, 0.25) is 5.02 Å². The summed E-state index contributed by atoms with van der Waals surface area (Å²) < 4.78 is 27.4. The van der Waals surface area contributed by atoms with Crippen LogP contribution in [0.25, 0.3) is 0 Å². The molecule has 0 aliphatic heterocycles. The number of anilines is 2. The standard InChI is InChI=1S/C12H11BrClN3O2S/c1-7-2-3-9(6-16-7)17-20(18,19)11-5-8(14)4-10(15)12(11)13/h2-6,17H,15H2,1H3. The van der Waals surface area contributed by atoms with Crippen LogP contribution in [-0.2, 0) is 10.0 Å². The van der Waals surface area contributed by atoms with Gasteiger partial charge in [-0.05, 0) is 47.1 Å². The second-order valence-electron chi connectivity index (χ2n) is 4.10. The Morgan fingerprint density at radius 3 is 2.65 bits per heavy atom. The number of aromatic nitrogens is 1. The maximum absolute atomic E-state index is 12.3. The number of pyridine rings is 1. The van der Waals surface area contributed by atoms with Crippen molar-refractivity contribution in [1.82, 2.24) is 4.98 Å².